The van der Waals surface area contributed by atoms with Crippen LogP contribution in [0.2, 0.25) is 0 Å². The lowest BCUT2D eigenvalue weighted by Crippen LogP contribution is -2.36. The summed E-state index contributed by atoms with van der Waals surface area (Å²) in [5.41, 5.74) is 0.279. The van der Waals surface area contributed by atoms with E-state index in [9.17, 15) is 14.7 Å². The summed E-state index contributed by atoms with van der Waals surface area (Å²) in [4.78, 5) is 35.1. The smallest absolute Gasteiger partial charge is 0.348 e. The van der Waals surface area contributed by atoms with E-state index in [2.05, 4.69) is 16.5 Å². The Morgan fingerprint density at radius 1 is 1.45 bits per heavy atom. The standard InChI is InChI=1S/C21H31N3O6S/c1-5-9-29-13-15(25)11-24(8-7-10-28-4)12-16-22-19(26)17-14(3)18(21(27)30-6-2)31-20(17)23-16/h5,15,25H,1,6-13H2,2-4H3,(H,22,23,26)/t15-/m0/s1. The number of aliphatic hydroxyl groups is 1. The van der Waals surface area contributed by atoms with Crippen LogP contribution in [-0.2, 0) is 20.8 Å². The Kier molecular flexibility index (Phi) is 10.3. The summed E-state index contributed by atoms with van der Waals surface area (Å²) >= 11 is 1.15. The molecule has 2 N–H and O–H groups in total. The first kappa shape index (κ1) is 25.2. The van der Waals surface area contributed by atoms with Gasteiger partial charge in [-0.05, 0) is 25.8 Å². The Hall–Kier alpha value is -2.11. The van der Waals surface area contributed by atoms with E-state index in [4.69, 9.17) is 14.2 Å². The van der Waals surface area contributed by atoms with Gasteiger partial charge < -0.3 is 24.3 Å². The molecule has 0 amide bonds. The number of esters is 1. The first-order valence-electron chi connectivity index (χ1n) is 10.2. The number of fused-ring (bicyclic) bond motifs is 1. The number of carbonyl (C=O) groups excluding carboxylic acids is 1. The summed E-state index contributed by atoms with van der Waals surface area (Å²) in [6, 6.07) is 0. The third kappa shape index (κ3) is 7.22. The molecule has 0 bridgehead atoms. The molecule has 2 aromatic rings. The quantitative estimate of drug-likeness (QED) is 0.253. The van der Waals surface area contributed by atoms with Gasteiger partial charge in [0.05, 0.1) is 37.9 Å². The van der Waals surface area contributed by atoms with E-state index in [-0.39, 0.29) is 18.8 Å². The summed E-state index contributed by atoms with van der Waals surface area (Å²) in [7, 11) is 1.63. The fraction of sp³-hybridized carbons (Fsp3) is 0.571. The van der Waals surface area contributed by atoms with Gasteiger partial charge in [-0.25, -0.2) is 9.78 Å². The van der Waals surface area contributed by atoms with E-state index in [0.29, 0.717) is 59.3 Å². The van der Waals surface area contributed by atoms with Gasteiger partial charge >= 0.3 is 5.97 Å². The first-order valence-corrected chi connectivity index (χ1v) is 11.0. The monoisotopic (exact) mass is 453 g/mol. The van der Waals surface area contributed by atoms with Gasteiger partial charge in [0.15, 0.2) is 0 Å². The molecule has 9 nitrogen and oxygen atoms in total. The van der Waals surface area contributed by atoms with Crippen LogP contribution in [0.25, 0.3) is 10.2 Å². The van der Waals surface area contributed by atoms with Crippen LogP contribution in [-0.4, -0.2) is 78.7 Å². The number of rotatable bonds is 14. The molecule has 0 aliphatic rings. The number of methoxy groups -OCH3 is 1. The maximum atomic E-state index is 12.7. The molecule has 0 aromatic carbocycles. The number of aromatic amines is 1. The van der Waals surface area contributed by atoms with Crippen molar-refractivity contribution in [1.29, 1.82) is 0 Å². The van der Waals surface area contributed by atoms with Crippen molar-refractivity contribution in [3.8, 4) is 0 Å². The van der Waals surface area contributed by atoms with Gasteiger partial charge in [-0.2, -0.15) is 0 Å². The second kappa shape index (κ2) is 12.7. The van der Waals surface area contributed by atoms with Crippen LogP contribution < -0.4 is 5.56 Å². The molecule has 10 heteroatoms. The molecule has 0 radical (unpaired) electrons. The maximum absolute atomic E-state index is 12.7. The molecule has 0 aliphatic heterocycles. The number of hydrogen-bond donors (Lipinski definition) is 2. The van der Waals surface area contributed by atoms with Crippen molar-refractivity contribution in [2.24, 2.45) is 0 Å². The molecule has 0 aliphatic carbocycles. The van der Waals surface area contributed by atoms with Gasteiger partial charge in [0.25, 0.3) is 5.56 Å². The highest BCUT2D eigenvalue weighted by Gasteiger charge is 2.21. The number of aromatic nitrogens is 2. The fourth-order valence-electron chi connectivity index (χ4n) is 3.17. The van der Waals surface area contributed by atoms with Crippen LogP contribution in [0, 0.1) is 6.92 Å². The molecule has 2 rings (SSSR count). The van der Waals surface area contributed by atoms with E-state index < -0.39 is 12.1 Å². The normalized spacial score (nSPS) is 12.4. The van der Waals surface area contributed by atoms with Crippen LogP contribution >= 0.6 is 11.3 Å². The molecule has 0 fully saturated rings. The highest BCUT2D eigenvalue weighted by molar-refractivity contribution is 7.20. The predicted molar refractivity (Wildman–Crippen MR) is 120 cm³/mol. The van der Waals surface area contributed by atoms with Crippen LogP contribution in [0.4, 0.5) is 0 Å². The number of ether oxygens (including phenoxy) is 3. The Morgan fingerprint density at radius 2 is 2.23 bits per heavy atom. The van der Waals surface area contributed by atoms with Gasteiger partial charge in [-0.1, -0.05) is 6.08 Å². The molecule has 0 unspecified atom stereocenters. The van der Waals surface area contributed by atoms with E-state index >= 15 is 0 Å². The average molecular weight is 454 g/mol. The number of nitrogens with one attached hydrogen (secondary N) is 1. The van der Waals surface area contributed by atoms with E-state index in [1.807, 2.05) is 4.90 Å². The Labute approximate surface area is 185 Å². The molecule has 172 valence electrons. The number of aryl methyl sites for hydroxylation is 1. The molecular weight excluding hydrogens is 422 g/mol. The number of thiophene rings is 1. The van der Waals surface area contributed by atoms with Crippen molar-refractivity contribution in [3.05, 3.63) is 39.3 Å². The lowest BCUT2D eigenvalue weighted by atomic mass is 10.2. The van der Waals surface area contributed by atoms with Crippen molar-refractivity contribution in [3.63, 3.8) is 0 Å². The Bertz CT molecular complexity index is 926. The van der Waals surface area contributed by atoms with Gasteiger partial charge in [0.2, 0.25) is 0 Å². The molecule has 0 spiro atoms. The van der Waals surface area contributed by atoms with E-state index in [1.165, 1.54) is 0 Å². The van der Waals surface area contributed by atoms with Crippen LogP contribution in [0.1, 0.15) is 34.4 Å². The molecule has 31 heavy (non-hydrogen) atoms. The van der Waals surface area contributed by atoms with E-state index in [1.54, 1.807) is 27.0 Å². The van der Waals surface area contributed by atoms with Crippen molar-refractivity contribution >= 4 is 27.5 Å². The molecule has 2 aromatic heterocycles. The first-order chi connectivity index (χ1) is 14.9. The number of hydrogen-bond acceptors (Lipinski definition) is 9. The minimum Gasteiger partial charge on any atom is -0.462 e. The average Bonchev–Trinajstić information content (AvgIpc) is 3.05. The predicted octanol–water partition coefficient (Wildman–Crippen LogP) is 1.87. The van der Waals surface area contributed by atoms with Crippen molar-refractivity contribution < 1.29 is 24.1 Å². The lowest BCUT2D eigenvalue weighted by molar-refractivity contribution is 0.0225. The zero-order valence-electron chi connectivity index (χ0n) is 18.3. The Balaban J connectivity index is 2.22. The van der Waals surface area contributed by atoms with Crippen LogP contribution in [0.5, 0.6) is 0 Å². The second-order valence-electron chi connectivity index (χ2n) is 7.03. The topological polar surface area (TPSA) is 114 Å². The van der Waals surface area contributed by atoms with Gasteiger partial charge in [-0.15, -0.1) is 17.9 Å². The number of H-pyrrole nitrogens is 1. The van der Waals surface area contributed by atoms with Gasteiger partial charge in [0, 0.05) is 26.8 Å². The number of aliphatic hydroxyl groups excluding tert-OH is 1. The highest BCUT2D eigenvalue weighted by Crippen LogP contribution is 2.27. The second-order valence-corrected chi connectivity index (χ2v) is 8.03. The molecule has 0 saturated heterocycles. The lowest BCUT2D eigenvalue weighted by Gasteiger charge is -2.24. The summed E-state index contributed by atoms with van der Waals surface area (Å²) in [5.74, 6) is 0.0126. The maximum Gasteiger partial charge on any atom is 0.348 e. The van der Waals surface area contributed by atoms with Crippen molar-refractivity contribution in [1.82, 2.24) is 14.9 Å². The summed E-state index contributed by atoms with van der Waals surface area (Å²) in [6.07, 6.45) is 1.69. The molecule has 1 atom stereocenters. The van der Waals surface area contributed by atoms with Crippen molar-refractivity contribution in [2.45, 2.75) is 32.9 Å². The summed E-state index contributed by atoms with van der Waals surface area (Å²) in [5, 5.41) is 10.7. The third-order valence-electron chi connectivity index (χ3n) is 4.52. The zero-order valence-corrected chi connectivity index (χ0v) is 19.1. The third-order valence-corrected chi connectivity index (χ3v) is 5.69. The van der Waals surface area contributed by atoms with Gasteiger partial charge in [0.1, 0.15) is 15.5 Å². The molecular formula is C21H31N3O6S. The summed E-state index contributed by atoms with van der Waals surface area (Å²) in [6.45, 7) is 9.76. The largest absolute Gasteiger partial charge is 0.462 e. The molecule has 2 heterocycles. The SMILES string of the molecule is C=CCOC[C@@H](O)CN(CCCOC)Cc1nc2sc(C(=O)OCC)c(C)c2c(=O)[nH]1. The fourth-order valence-corrected chi connectivity index (χ4v) is 4.27. The molecule has 0 saturated carbocycles. The highest BCUT2D eigenvalue weighted by atomic mass is 32.1. The summed E-state index contributed by atoms with van der Waals surface area (Å²) < 4.78 is 15.5. The van der Waals surface area contributed by atoms with E-state index in [0.717, 1.165) is 17.8 Å². The zero-order chi connectivity index (χ0) is 22.8. The minimum absolute atomic E-state index is 0.183. The van der Waals surface area contributed by atoms with Crippen LogP contribution in [0.15, 0.2) is 17.4 Å². The minimum atomic E-state index is -0.697. The van der Waals surface area contributed by atoms with Gasteiger partial charge in [-0.3, -0.25) is 9.69 Å². The number of nitrogens with zero attached hydrogens (tertiary/aromatic N) is 2. The Morgan fingerprint density at radius 3 is 2.90 bits per heavy atom. The number of carbonyl (C=O) groups is 1. The van der Waals surface area contributed by atoms with Crippen LogP contribution in [0.3, 0.4) is 0 Å². The van der Waals surface area contributed by atoms with Crippen molar-refractivity contribution in [2.75, 3.05) is 46.6 Å².